The number of carbonyl (C=O) groups is 1. The van der Waals surface area contributed by atoms with Gasteiger partial charge in [0.25, 0.3) is 15.9 Å². The van der Waals surface area contributed by atoms with Gasteiger partial charge in [-0.3, -0.25) is 9.52 Å². The molecule has 144 valence electrons. The summed E-state index contributed by atoms with van der Waals surface area (Å²) in [5.41, 5.74) is 0.718. The van der Waals surface area contributed by atoms with Gasteiger partial charge in [0, 0.05) is 30.4 Å². The minimum Gasteiger partial charge on any atom is -0.337 e. The summed E-state index contributed by atoms with van der Waals surface area (Å²) in [5, 5.41) is 3.19. The van der Waals surface area contributed by atoms with Gasteiger partial charge in [-0.1, -0.05) is 0 Å². The highest BCUT2D eigenvalue weighted by Crippen LogP contribution is 2.19. The number of likely N-dealkylation sites (tertiary alicyclic amines) is 1. The number of carbonyl (C=O) groups excluding carboxylic acids is 1. The molecule has 1 heterocycles. The summed E-state index contributed by atoms with van der Waals surface area (Å²) in [6.07, 6.45) is 1.97. The van der Waals surface area contributed by atoms with Crippen molar-refractivity contribution in [2.45, 2.75) is 23.8 Å². The van der Waals surface area contributed by atoms with E-state index in [9.17, 15) is 17.6 Å². The van der Waals surface area contributed by atoms with Gasteiger partial charge in [-0.25, -0.2) is 12.8 Å². The van der Waals surface area contributed by atoms with Crippen molar-refractivity contribution in [3.05, 3.63) is 59.9 Å². The highest BCUT2D eigenvalue weighted by atomic mass is 32.2. The molecule has 0 radical (unpaired) electrons. The molecule has 1 atom stereocenters. The Bertz CT molecular complexity index is 899. The lowest BCUT2D eigenvalue weighted by atomic mass is 10.0. The Kier molecular flexibility index (Phi) is 5.76. The summed E-state index contributed by atoms with van der Waals surface area (Å²) in [6.45, 7) is 1.34. The number of benzene rings is 2. The van der Waals surface area contributed by atoms with Gasteiger partial charge in [-0.15, -0.1) is 0 Å². The molecule has 6 nitrogen and oxygen atoms in total. The number of likely N-dealkylation sites (N-methyl/N-ethyl adjacent to an activating group) is 1. The van der Waals surface area contributed by atoms with Crippen molar-refractivity contribution in [3.63, 3.8) is 0 Å². The fourth-order valence-corrected chi connectivity index (χ4v) is 4.15. The second-order valence-corrected chi connectivity index (χ2v) is 8.20. The Morgan fingerprint density at radius 2 is 1.78 bits per heavy atom. The molecule has 0 saturated carbocycles. The zero-order valence-corrected chi connectivity index (χ0v) is 15.8. The normalized spacial score (nSPS) is 17.6. The number of nitrogens with one attached hydrogen (secondary N) is 2. The van der Waals surface area contributed by atoms with Crippen LogP contribution in [0.15, 0.2) is 53.4 Å². The lowest BCUT2D eigenvalue weighted by Gasteiger charge is -2.32. The Labute approximate surface area is 158 Å². The first-order valence-corrected chi connectivity index (χ1v) is 10.2. The largest absolute Gasteiger partial charge is 0.337 e. The molecule has 1 aliphatic rings. The molecule has 0 bridgehead atoms. The first-order valence-electron chi connectivity index (χ1n) is 8.74. The third-order valence-electron chi connectivity index (χ3n) is 4.62. The molecule has 1 amide bonds. The van der Waals surface area contributed by atoms with Crippen molar-refractivity contribution in [3.8, 4) is 0 Å². The number of rotatable bonds is 5. The first-order chi connectivity index (χ1) is 12.9. The molecule has 0 aromatic heterocycles. The van der Waals surface area contributed by atoms with Crippen molar-refractivity contribution < 1.29 is 17.6 Å². The van der Waals surface area contributed by atoms with Crippen LogP contribution in [-0.4, -0.2) is 45.4 Å². The minimum atomic E-state index is -3.81. The van der Waals surface area contributed by atoms with E-state index < -0.39 is 15.8 Å². The van der Waals surface area contributed by atoms with Gasteiger partial charge >= 0.3 is 0 Å². The molecule has 0 aliphatic carbocycles. The van der Waals surface area contributed by atoms with Crippen LogP contribution in [0.5, 0.6) is 0 Å². The summed E-state index contributed by atoms with van der Waals surface area (Å²) in [7, 11) is -1.93. The predicted octanol–water partition coefficient (Wildman–Crippen LogP) is 2.45. The van der Waals surface area contributed by atoms with Crippen molar-refractivity contribution >= 4 is 21.6 Å². The lowest BCUT2D eigenvalue weighted by Crippen LogP contribution is -2.46. The second kappa shape index (κ2) is 8.06. The summed E-state index contributed by atoms with van der Waals surface area (Å²) in [6, 6.07) is 11.2. The molecule has 2 N–H and O–H groups in total. The molecule has 1 saturated heterocycles. The van der Waals surface area contributed by atoms with Crippen LogP contribution in [0.1, 0.15) is 23.2 Å². The fourth-order valence-electron chi connectivity index (χ4n) is 3.09. The van der Waals surface area contributed by atoms with Gasteiger partial charge in [0.05, 0.1) is 4.90 Å². The molecule has 1 unspecified atom stereocenters. The Balaban J connectivity index is 1.72. The Morgan fingerprint density at radius 1 is 1.11 bits per heavy atom. The molecule has 0 spiro atoms. The number of hydrogen-bond acceptors (Lipinski definition) is 4. The molecule has 2 aromatic carbocycles. The third kappa shape index (κ3) is 4.64. The van der Waals surface area contributed by atoms with Crippen LogP contribution in [-0.2, 0) is 10.0 Å². The maximum absolute atomic E-state index is 12.9. The molecule has 8 heteroatoms. The second-order valence-electron chi connectivity index (χ2n) is 6.52. The van der Waals surface area contributed by atoms with Crippen LogP contribution >= 0.6 is 0 Å². The number of anilines is 1. The minimum absolute atomic E-state index is 0.0371. The van der Waals surface area contributed by atoms with Gasteiger partial charge < -0.3 is 10.2 Å². The van der Waals surface area contributed by atoms with Crippen LogP contribution in [0.3, 0.4) is 0 Å². The Morgan fingerprint density at radius 3 is 2.41 bits per heavy atom. The zero-order valence-electron chi connectivity index (χ0n) is 15.0. The van der Waals surface area contributed by atoms with E-state index in [2.05, 4.69) is 10.0 Å². The predicted molar refractivity (Wildman–Crippen MR) is 102 cm³/mol. The van der Waals surface area contributed by atoms with Gasteiger partial charge in [-0.2, -0.15) is 0 Å². The molecule has 2 aromatic rings. The third-order valence-corrected chi connectivity index (χ3v) is 6.02. The average molecular weight is 391 g/mol. The average Bonchev–Trinajstić information content (AvgIpc) is 2.69. The number of sulfonamides is 1. The van der Waals surface area contributed by atoms with Gasteiger partial charge in [0.15, 0.2) is 0 Å². The highest BCUT2D eigenvalue weighted by molar-refractivity contribution is 7.92. The summed E-state index contributed by atoms with van der Waals surface area (Å²) >= 11 is 0. The van der Waals surface area contributed by atoms with Crippen molar-refractivity contribution in [1.82, 2.24) is 10.2 Å². The van der Waals surface area contributed by atoms with Crippen molar-refractivity contribution in [1.29, 1.82) is 0 Å². The van der Waals surface area contributed by atoms with E-state index in [0.29, 0.717) is 18.7 Å². The van der Waals surface area contributed by atoms with Crippen LogP contribution in [0.25, 0.3) is 0 Å². The number of amides is 1. The molecule has 1 fully saturated rings. The molecule has 3 rings (SSSR count). The fraction of sp³-hybridized carbons (Fsp3) is 0.316. The van der Waals surface area contributed by atoms with Crippen molar-refractivity contribution in [2.75, 3.05) is 24.9 Å². The summed E-state index contributed by atoms with van der Waals surface area (Å²) < 4.78 is 40.2. The van der Waals surface area contributed by atoms with E-state index in [0.717, 1.165) is 12.8 Å². The topological polar surface area (TPSA) is 78.5 Å². The molecule has 27 heavy (non-hydrogen) atoms. The Hall–Kier alpha value is -2.45. The highest BCUT2D eigenvalue weighted by Gasteiger charge is 2.24. The molecular formula is C19H22FN3O3S. The number of halogens is 1. The SMILES string of the molecule is CNC1CCCN(C(=O)c2ccc(S(=O)(=O)Nc3ccc(F)cc3)cc2)C1. The zero-order chi connectivity index (χ0) is 19.4. The van der Waals surface area contributed by atoms with Crippen LogP contribution in [0, 0.1) is 5.82 Å². The summed E-state index contributed by atoms with van der Waals surface area (Å²) in [5.74, 6) is -0.551. The van der Waals surface area contributed by atoms with Crippen LogP contribution < -0.4 is 10.0 Å². The number of nitrogens with zero attached hydrogens (tertiary/aromatic N) is 1. The standard InChI is InChI=1S/C19H22FN3O3S/c1-21-17-3-2-12-23(13-17)19(24)14-4-10-18(11-5-14)27(25,26)22-16-8-6-15(20)7-9-16/h4-11,17,21-22H,2-3,12-13H2,1H3. The quantitative estimate of drug-likeness (QED) is 0.821. The van der Waals surface area contributed by atoms with Gasteiger partial charge in [0.1, 0.15) is 5.82 Å². The summed E-state index contributed by atoms with van der Waals surface area (Å²) in [4.78, 5) is 14.5. The van der Waals surface area contributed by atoms with Gasteiger partial charge in [-0.05, 0) is 68.4 Å². The first kappa shape index (κ1) is 19.3. The van der Waals surface area contributed by atoms with E-state index in [-0.39, 0.29) is 22.5 Å². The smallest absolute Gasteiger partial charge is 0.261 e. The van der Waals surface area contributed by atoms with E-state index in [1.54, 1.807) is 4.90 Å². The molecule has 1 aliphatic heterocycles. The van der Waals surface area contributed by atoms with E-state index in [4.69, 9.17) is 0 Å². The van der Waals surface area contributed by atoms with Gasteiger partial charge in [0.2, 0.25) is 0 Å². The van der Waals surface area contributed by atoms with E-state index >= 15 is 0 Å². The number of piperidine rings is 1. The lowest BCUT2D eigenvalue weighted by molar-refractivity contribution is 0.0698. The number of hydrogen-bond donors (Lipinski definition) is 2. The maximum atomic E-state index is 12.9. The van der Waals surface area contributed by atoms with E-state index in [1.807, 2.05) is 7.05 Å². The van der Waals surface area contributed by atoms with Crippen LogP contribution in [0.2, 0.25) is 0 Å². The molecular weight excluding hydrogens is 369 g/mol. The monoisotopic (exact) mass is 391 g/mol. The van der Waals surface area contributed by atoms with Crippen LogP contribution in [0.4, 0.5) is 10.1 Å². The van der Waals surface area contributed by atoms with Crippen molar-refractivity contribution in [2.24, 2.45) is 0 Å². The maximum Gasteiger partial charge on any atom is 0.261 e. The van der Waals surface area contributed by atoms with E-state index in [1.165, 1.54) is 48.5 Å².